The third-order valence-electron chi connectivity index (χ3n) is 4.77. The molecule has 0 radical (unpaired) electrons. The van der Waals surface area contributed by atoms with Gasteiger partial charge in [-0.2, -0.15) is 18.4 Å². The Kier molecular flexibility index (Phi) is 6.23. The van der Waals surface area contributed by atoms with Crippen molar-refractivity contribution in [2.75, 3.05) is 0 Å². The van der Waals surface area contributed by atoms with E-state index >= 15 is 0 Å². The third kappa shape index (κ3) is 4.92. The van der Waals surface area contributed by atoms with Crippen LogP contribution in [0.1, 0.15) is 26.4 Å². The van der Waals surface area contributed by atoms with Crippen LogP contribution in [0.15, 0.2) is 72.8 Å². The summed E-state index contributed by atoms with van der Waals surface area (Å²) in [7, 11) is 0. The monoisotopic (exact) mass is 483 g/mol. The predicted molar refractivity (Wildman–Crippen MR) is 123 cm³/mol. The van der Waals surface area contributed by atoms with Gasteiger partial charge >= 0.3 is 12.1 Å². The van der Waals surface area contributed by atoms with Crippen molar-refractivity contribution in [1.82, 2.24) is 0 Å². The molecule has 8 heteroatoms. The fourth-order valence-corrected chi connectivity index (χ4v) is 4.50. The van der Waals surface area contributed by atoms with Crippen molar-refractivity contribution in [3.63, 3.8) is 0 Å². The molecule has 0 saturated carbocycles. The van der Waals surface area contributed by atoms with Crippen molar-refractivity contribution in [3.05, 3.63) is 99.4 Å². The third-order valence-corrected chi connectivity index (χ3v) is 6.42. The second-order valence-corrected chi connectivity index (χ2v) is 8.37. The first-order valence-corrected chi connectivity index (χ1v) is 10.7. The van der Waals surface area contributed by atoms with Crippen LogP contribution in [0.5, 0.6) is 5.75 Å². The molecule has 0 amide bonds. The van der Waals surface area contributed by atoms with Gasteiger partial charge in [0.15, 0.2) is 0 Å². The summed E-state index contributed by atoms with van der Waals surface area (Å²) >= 11 is 7.56. The molecule has 0 spiro atoms. The van der Waals surface area contributed by atoms with Gasteiger partial charge in [-0.15, -0.1) is 11.3 Å². The molecule has 1 heterocycles. The van der Waals surface area contributed by atoms with E-state index in [0.717, 1.165) is 22.2 Å². The number of fused-ring (bicyclic) bond motifs is 1. The Morgan fingerprint density at radius 3 is 2.27 bits per heavy atom. The van der Waals surface area contributed by atoms with Crippen molar-refractivity contribution < 1.29 is 22.7 Å². The topological polar surface area (TPSA) is 50.1 Å². The van der Waals surface area contributed by atoms with Crippen molar-refractivity contribution in [2.45, 2.75) is 6.18 Å². The van der Waals surface area contributed by atoms with Crippen molar-refractivity contribution >= 4 is 50.6 Å². The van der Waals surface area contributed by atoms with Crippen LogP contribution in [0.2, 0.25) is 5.02 Å². The predicted octanol–water partition coefficient (Wildman–Crippen LogP) is 7.86. The van der Waals surface area contributed by atoms with Crippen LogP contribution in [-0.4, -0.2) is 5.97 Å². The van der Waals surface area contributed by atoms with Gasteiger partial charge in [-0.1, -0.05) is 41.9 Å². The number of nitriles is 1. The maximum atomic E-state index is 12.7. The van der Waals surface area contributed by atoms with E-state index in [1.54, 1.807) is 12.1 Å². The van der Waals surface area contributed by atoms with Gasteiger partial charge in [-0.25, -0.2) is 4.79 Å². The van der Waals surface area contributed by atoms with Gasteiger partial charge in [0.25, 0.3) is 0 Å². The van der Waals surface area contributed by atoms with E-state index in [1.165, 1.54) is 41.7 Å². The Hall–Kier alpha value is -3.60. The van der Waals surface area contributed by atoms with Crippen molar-refractivity contribution in [3.8, 4) is 11.8 Å². The molecule has 0 aliphatic heterocycles. The Bertz CT molecular complexity index is 1400. The van der Waals surface area contributed by atoms with Crippen LogP contribution in [-0.2, 0) is 6.18 Å². The van der Waals surface area contributed by atoms with E-state index in [0.29, 0.717) is 21.0 Å². The lowest BCUT2D eigenvalue weighted by atomic mass is 10.0. The molecule has 4 aromatic rings. The Morgan fingerprint density at radius 1 is 1.00 bits per heavy atom. The van der Waals surface area contributed by atoms with Gasteiger partial charge in [0.05, 0.1) is 22.2 Å². The summed E-state index contributed by atoms with van der Waals surface area (Å²) in [6.07, 6.45) is -2.94. The number of carbonyl (C=O) groups excluding carboxylic acids is 1. The number of ether oxygens (including phenoxy) is 1. The second-order valence-electron chi connectivity index (χ2n) is 6.94. The zero-order valence-electron chi connectivity index (χ0n) is 16.7. The van der Waals surface area contributed by atoms with Crippen LogP contribution < -0.4 is 4.74 Å². The molecule has 0 fully saturated rings. The molecule has 164 valence electrons. The molecule has 33 heavy (non-hydrogen) atoms. The smallest absolute Gasteiger partial charge is 0.416 e. The number of hydrogen-bond acceptors (Lipinski definition) is 4. The van der Waals surface area contributed by atoms with Gasteiger partial charge in [0.1, 0.15) is 10.6 Å². The second kappa shape index (κ2) is 9.10. The summed E-state index contributed by atoms with van der Waals surface area (Å²) in [6, 6.07) is 20.2. The molecule has 1 aromatic heterocycles. The lowest BCUT2D eigenvalue weighted by molar-refractivity contribution is -0.137. The number of alkyl halides is 3. The standard InChI is InChI=1S/C25H13ClF3NO2S/c26-22-20-3-1-2-4-21(20)33-23(22)24(31)32-19-11-7-16(8-12-19)17(14-30)13-15-5-9-18(10-6-15)25(27,28)29/h1-13H. The molecule has 0 atom stereocenters. The van der Waals surface area contributed by atoms with E-state index in [2.05, 4.69) is 0 Å². The molecule has 3 nitrogen and oxygen atoms in total. The minimum atomic E-state index is -4.42. The average Bonchev–Trinajstić information content (AvgIpc) is 3.15. The minimum Gasteiger partial charge on any atom is -0.422 e. The highest BCUT2D eigenvalue weighted by atomic mass is 35.5. The molecule has 0 bridgehead atoms. The number of carbonyl (C=O) groups is 1. The molecule has 0 N–H and O–H groups in total. The van der Waals surface area contributed by atoms with Crippen LogP contribution >= 0.6 is 22.9 Å². The first-order chi connectivity index (χ1) is 15.8. The van der Waals surface area contributed by atoms with Crippen molar-refractivity contribution in [2.24, 2.45) is 0 Å². The van der Waals surface area contributed by atoms with E-state index < -0.39 is 17.7 Å². The number of hydrogen-bond donors (Lipinski definition) is 0. The maximum Gasteiger partial charge on any atom is 0.416 e. The molecule has 0 unspecified atom stereocenters. The summed E-state index contributed by atoms with van der Waals surface area (Å²) in [5, 5.41) is 10.6. The molecule has 0 aliphatic carbocycles. The number of thiophene rings is 1. The van der Waals surface area contributed by atoms with Gasteiger partial charge in [0.2, 0.25) is 0 Å². The van der Waals surface area contributed by atoms with E-state index in [-0.39, 0.29) is 11.3 Å². The Labute approximate surface area is 195 Å². The van der Waals surface area contributed by atoms with E-state index in [1.807, 2.05) is 30.3 Å². The lowest BCUT2D eigenvalue weighted by Gasteiger charge is -2.07. The quantitative estimate of drug-likeness (QED) is 0.128. The number of nitrogens with zero attached hydrogens (tertiary/aromatic N) is 1. The number of rotatable bonds is 4. The molecular weight excluding hydrogens is 471 g/mol. The zero-order chi connectivity index (χ0) is 23.6. The van der Waals surface area contributed by atoms with Gasteiger partial charge in [-0.3, -0.25) is 0 Å². The number of allylic oxidation sites excluding steroid dienone is 1. The summed E-state index contributed by atoms with van der Waals surface area (Å²) in [4.78, 5) is 12.9. The molecular formula is C25H13ClF3NO2S. The first-order valence-electron chi connectivity index (χ1n) is 9.55. The van der Waals surface area contributed by atoms with Crippen LogP contribution in [0.3, 0.4) is 0 Å². The molecule has 0 saturated heterocycles. The fourth-order valence-electron chi connectivity index (χ4n) is 3.12. The minimum absolute atomic E-state index is 0.250. The zero-order valence-corrected chi connectivity index (χ0v) is 18.3. The number of halogens is 4. The highest BCUT2D eigenvalue weighted by Crippen LogP contribution is 2.36. The van der Waals surface area contributed by atoms with Crippen LogP contribution in [0, 0.1) is 11.3 Å². The highest BCUT2D eigenvalue weighted by Gasteiger charge is 2.29. The summed E-state index contributed by atoms with van der Waals surface area (Å²) in [5.41, 5.74) is 0.467. The SMILES string of the molecule is N#CC(=Cc1ccc(C(F)(F)F)cc1)c1ccc(OC(=O)c2sc3ccccc3c2Cl)cc1. The van der Waals surface area contributed by atoms with Gasteiger partial charge < -0.3 is 4.74 Å². The largest absolute Gasteiger partial charge is 0.422 e. The average molecular weight is 484 g/mol. The first kappa shape index (κ1) is 22.6. The molecule has 4 rings (SSSR count). The number of benzene rings is 3. The van der Waals surface area contributed by atoms with Crippen molar-refractivity contribution in [1.29, 1.82) is 5.26 Å². The molecule has 3 aromatic carbocycles. The summed E-state index contributed by atoms with van der Waals surface area (Å²) in [6.45, 7) is 0. The fraction of sp³-hybridized carbons (Fsp3) is 0.0400. The highest BCUT2D eigenvalue weighted by molar-refractivity contribution is 7.21. The van der Waals surface area contributed by atoms with Gasteiger partial charge in [0, 0.05) is 10.1 Å². The summed E-state index contributed by atoms with van der Waals surface area (Å²) in [5.74, 6) is -0.321. The maximum absolute atomic E-state index is 12.7. The van der Waals surface area contributed by atoms with E-state index in [4.69, 9.17) is 16.3 Å². The van der Waals surface area contributed by atoms with Gasteiger partial charge in [-0.05, 0) is 59.7 Å². The van der Waals surface area contributed by atoms with Crippen LogP contribution in [0.4, 0.5) is 13.2 Å². The van der Waals surface area contributed by atoms with Crippen LogP contribution in [0.25, 0.3) is 21.7 Å². The normalized spacial score (nSPS) is 11.9. The summed E-state index contributed by atoms with van der Waals surface area (Å²) < 4.78 is 44.4. The number of esters is 1. The van der Waals surface area contributed by atoms with E-state index in [9.17, 15) is 23.2 Å². The Morgan fingerprint density at radius 2 is 1.67 bits per heavy atom. The lowest BCUT2D eigenvalue weighted by Crippen LogP contribution is -2.06. The Balaban J connectivity index is 1.52. The molecule has 0 aliphatic rings.